The highest BCUT2D eigenvalue weighted by Crippen LogP contribution is 2.38. The van der Waals surface area contributed by atoms with E-state index in [0.29, 0.717) is 34.6 Å². The summed E-state index contributed by atoms with van der Waals surface area (Å²) in [6, 6.07) is 12.4. The van der Waals surface area contributed by atoms with Crippen LogP contribution in [-0.2, 0) is 14.6 Å². The Morgan fingerprint density at radius 3 is 2.57 bits per heavy atom. The fourth-order valence-corrected chi connectivity index (χ4v) is 5.03. The maximum Gasteiger partial charge on any atom is 0.283 e. The van der Waals surface area contributed by atoms with Gasteiger partial charge >= 0.3 is 0 Å². The second kappa shape index (κ2) is 10.1. The van der Waals surface area contributed by atoms with Crippen LogP contribution >= 0.6 is 23.4 Å². The van der Waals surface area contributed by atoms with Crippen molar-refractivity contribution in [2.75, 3.05) is 26.6 Å². The van der Waals surface area contributed by atoms with Gasteiger partial charge in [-0.15, -0.1) is 5.10 Å². The molecule has 4 rings (SSSR count). The van der Waals surface area contributed by atoms with Gasteiger partial charge in [0.2, 0.25) is 19.4 Å². The fraction of sp³-hybridized carbons (Fsp3) is 0.182. The van der Waals surface area contributed by atoms with Crippen LogP contribution in [0, 0.1) is 5.41 Å². The minimum atomic E-state index is -3.62. The molecule has 182 valence electrons. The molecule has 2 aromatic carbocycles. The van der Waals surface area contributed by atoms with Gasteiger partial charge in [0.05, 0.1) is 17.7 Å². The molecular formula is C22H19ClN4O6S2. The highest BCUT2D eigenvalue weighted by molar-refractivity contribution is 8.42. The van der Waals surface area contributed by atoms with Crippen LogP contribution in [0.5, 0.6) is 17.2 Å². The lowest BCUT2D eigenvalue weighted by Crippen LogP contribution is -2.35. The van der Waals surface area contributed by atoms with Crippen LogP contribution in [0.4, 0.5) is 0 Å². The van der Waals surface area contributed by atoms with Crippen molar-refractivity contribution in [3.05, 3.63) is 58.6 Å². The Balaban J connectivity index is 1.53. The second-order valence-electron chi connectivity index (χ2n) is 7.20. The largest absolute Gasteiger partial charge is 0.493 e. The summed E-state index contributed by atoms with van der Waals surface area (Å²) in [6.45, 7) is 0.491. The number of carbonyl (C=O) groups excluding carboxylic acids is 1. The predicted molar refractivity (Wildman–Crippen MR) is 135 cm³/mol. The molecule has 2 aliphatic heterocycles. The van der Waals surface area contributed by atoms with Crippen molar-refractivity contribution in [1.29, 1.82) is 5.41 Å². The van der Waals surface area contributed by atoms with Gasteiger partial charge in [-0.05, 0) is 47.7 Å². The number of hydrogen-bond acceptors (Lipinski definition) is 9. The van der Waals surface area contributed by atoms with E-state index < -0.39 is 15.7 Å². The number of sulfone groups is 1. The zero-order valence-corrected chi connectivity index (χ0v) is 20.9. The lowest BCUT2D eigenvalue weighted by Gasteiger charge is -2.20. The van der Waals surface area contributed by atoms with Gasteiger partial charge in [0, 0.05) is 6.26 Å². The molecule has 1 N–H and O–H groups in total. The highest BCUT2D eigenvalue weighted by Gasteiger charge is 2.38. The van der Waals surface area contributed by atoms with E-state index in [1.165, 1.54) is 13.2 Å². The molecule has 2 aliphatic rings. The first-order chi connectivity index (χ1) is 16.7. The van der Waals surface area contributed by atoms with E-state index in [9.17, 15) is 13.2 Å². The fourth-order valence-electron chi connectivity index (χ4n) is 3.07. The number of halogens is 1. The Morgan fingerprint density at radius 2 is 1.89 bits per heavy atom. The zero-order chi connectivity index (χ0) is 25.2. The summed E-state index contributed by atoms with van der Waals surface area (Å²) in [4.78, 5) is 16.4. The number of thioether (sulfide) groups is 1. The summed E-state index contributed by atoms with van der Waals surface area (Å²) in [5, 5.41) is 13.5. The van der Waals surface area contributed by atoms with Crippen LogP contribution in [0.2, 0.25) is 5.02 Å². The van der Waals surface area contributed by atoms with E-state index in [1.807, 2.05) is 30.3 Å². The lowest BCUT2D eigenvalue weighted by molar-refractivity contribution is -0.114. The number of rotatable bonds is 7. The Hall–Kier alpha value is -3.35. The van der Waals surface area contributed by atoms with Crippen LogP contribution < -0.4 is 14.2 Å². The molecule has 2 aromatic rings. The molecule has 0 fully saturated rings. The average molecular weight is 535 g/mol. The number of amides is 1. The van der Waals surface area contributed by atoms with Gasteiger partial charge in [0.25, 0.3) is 5.91 Å². The number of amidine groups is 2. The Labute approximate surface area is 210 Å². The van der Waals surface area contributed by atoms with Gasteiger partial charge in [0.1, 0.15) is 19.0 Å². The van der Waals surface area contributed by atoms with E-state index in [2.05, 4.69) is 10.1 Å². The molecule has 0 atom stereocenters. The van der Waals surface area contributed by atoms with E-state index in [-0.39, 0.29) is 39.2 Å². The third-order valence-corrected chi connectivity index (χ3v) is 7.52. The van der Waals surface area contributed by atoms with Crippen molar-refractivity contribution >= 4 is 60.6 Å². The first kappa shape index (κ1) is 24.8. The summed E-state index contributed by atoms with van der Waals surface area (Å²) in [7, 11) is -2.17. The Morgan fingerprint density at radius 1 is 1.17 bits per heavy atom. The molecule has 1 amide bonds. The first-order valence-electron chi connectivity index (χ1n) is 10.1. The number of fused-ring (bicyclic) bond motifs is 1. The molecule has 0 aromatic heterocycles. The van der Waals surface area contributed by atoms with Gasteiger partial charge in [-0.2, -0.15) is 10.0 Å². The minimum absolute atomic E-state index is 0.00894. The standard InChI is InChI=1S/C22H19ClN4O6S2/c1-31-17-12-13(11-16(23)18(17)33-9-8-32-14-6-4-3-5-7-14)10-15-19(24)27-21(25-20(15)28)34-22(26-27)35(2,29)30/h3-7,10-12,24H,8-9H2,1-2H3/b15-10+,24-19?. The van der Waals surface area contributed by atoms with Crippen LogP contribution in [0.1, 0.15) is 5.56 Å². The van der Waals surface area contributed by atoms with Crippen molar-refractivity contribution in [3.63, 3.8) is 0 Å². The Bertz CT molecular complexity index is 1390. The number of benzene rings is 2. The second-order valence-corrected chi connectivity index (χ2v) is 10.8. The number of carbonyl (C=O) groups is 1. The first-order valence-corrected chi connectivity index (χ1v) is 13.1. The van der Waals surface area contributed by atoms with Gasteiger partial charge in [-0.25, -0.2) is 8.42 Å². The molecular weight excluding hydrogens is 516 g/mol. The van der Waals surface area contributed by atoms with Crippen LogP contribution in [0.15, 0.2) is 58.1 Å². The van der Waals surface area contributed by atoms with Gasteiger partial charge in [0.15, 0.2) is 17.3 Å². The summed E-state index contributed by atoms with van der Waals surface area (Å²) >= 11 is 7.13. The zero-order valence-electron chi connectivity index (χ0n) is 18.5. The van der Waals surface area contributed by atoms with Gasteiger partial charge in [-0.3, -0.25) is 10.2 Å². The van der Waals surface area contributed by atoms with Crippen molar-refractivity contribution in [3.8, 4) is 17.2 Å². The van der Waals surface area contributed by atoms with Gasteiger partial charge in [-0.1, -0.05) is 29.8 Å². The number of nitrogens with zero attached hydrogens (tertiary/aromatic N) is 3. The maximum atomic E-state index is 12.6. The molecule has 10 nitrogen and oxygen atoms in total. The average Bonchev–Trinajstić information content (AvgIpc) is 3.25. The number of para-hydroxylation sites is 1. The smallest absolute Gasteiger partial charge is 0.283 e. The molecule has 0 bridgehead atoms. The monoisotopic (exact) mass is 534 g/mol. The Kier molecular flexibility index (Phi) is 7.15. The summed E-state index contributed by atoms with van der Waals surface area (Å²) in [5.74, 6) is 0.326. The van der Waals surface area contributed by atoms with E-state index in [4.69, 9.17) is 31.2 Å². The summed E-state index contributed by atoms with van der Waals surface area (Å²) in [5.41, 5.74) is 0.363. The molecule has 35 heavy (non-hydrogen) atoms. The molecule has 13 heteroatoms. The van der Waals surface area contributed by atoms with Crippen LogP contribution in [0.25, 0.3) is 6.08 Å². The molecule has 0 radical (unpaired) electrons. The summed E-state index contributed by atoms with van der Waals surface area (Å²) < 4.78 is 40.1. The van der Waals surface area contributed by atoms with Crippen molar-refractivity contribution < 1.29 is 27.4 Å². The van der Waals surface area contributed by atoms with Crippen LogP contribution in [-0.4, -0.2) is 61.3 Å². The lowest BCUT2D eigenvalue weighted by atomic mass is 10.1. The molecule has 0 aliphatic carbocycles. The number of ether oxygens (including phenoxy) is 3. The number of hydrazone groups is 1. The molecule has 0 spiro atoms. The SMILES string of the molecule is COc1cc(/C=C2\C(=N)N3N=C(S(C)(=O)=O)SC3=NC2=O)cc(Cl)c1OCCOc1ccccc1. The van der Waals surface area contributed by atoms with Crippen molar-refractivity contribution in [2.45, 2.75) is 0 Å². The molecule has 0 saturated heterocycles. The predicted octanol–water partition coefficient (Wildman–Crippen LogP) is 3.43. The topological polar surface area (TPSA) is 131 Å². The normalized spacial score (nSPS) is 16.7. The highest BCUT2D eigenvalue weighted by atomic mass is 35.5. The number of hydrogen-bond donors (Lipinski definition) is 1. The van der Waals surface area contributed by atoms with Crippen molar-refractivity contribution in [1.82, 2.24) is 5.01 Å². The minimum Gasteiger partial charge on any atom is -0.493 e. The third-order valence-electron chi connectivity index (χ3n) is 4.66. The van der Waals surface area contributed by atoms with E-state index >= 15 is 0 Å². The molecule has 0 saturated carbocycles. The van der Waals surface area contributed by atoms with E-state index in [0.717, 1.165) is 11.3 Å². The van der Waals surface area contributed by atoms with Crippen LogP contribution in [0.3, 0.4) is 0 Å². The van der Waals surface area contributed by atoms with E-state index in [1.54, 1.807) is 12.1 Å². The number of aliphatic imine (C=N–C) groups is 1. The maximum absolute atomic E-state index is 12.6. The van der Waals surface area contributed by atoms with Gasteiger partial charge < -0.3 is 14.2 Å². The third kappa shape index (κ3) is 5.50. The summed E-state index contributed by atoms with van der Waals surface area (Å²) in [6.07, 6.45) is 2.39. The number of methoxy groups -OCH3 is 1. The number of nitrogens with one attached hydrogen (secondary N) is 1. The molecule has 0 unspecified atom stereocenters. The molecule has 2 heterocycles. The quantitative estimate of drug-likeness (QED) is 0.422. The van der Waals surface area contributed by atoms with Crippen molar-refractivity contribution in [2.24, 2.45) is 10.1 Å².